The van der Waals surface area contributed by atoms with Crippen molar-refractivity contribution in [3.05, 3.63) is 302 Å². The van der Waals surface area contributed by atoms with Crippen molar-refractivity contribution < 1.29 is 29.7 Å². The number of halogens is 6. The SMILES string of the molecule is BrC(Br)(Br)Br.C.CB(O)N1CCC(=C(Br)Br)CC1.CB(O)N1CCC(=C(c2ccccc2)c2ccccc2)CC1.CB(O)N1CCC(=O)CC1.CB(O)N1CCC(C(c2ccccc2)c2ccccc2)CC1.CC(=O)N1CCC(C)(N2CCC(C(c3ccccc3)c3ccccc3)CC2)CC1.c1ccc(C(c2ccccc2)C2CCNCC2)cc1. The molecule has 0 radical (unpaired) electrons. The van der Waals surface area contributed by atoms with Crippen molar-refractivity contribution in [3.63, 3.8) is 0 Å². The van der Waals surface area contributed by atoms with Crippen LogP contribution in [-0.2, 0) is 9.59 Å². The minimum atomic E-state index is -0.395. The fourth-order valence-electron chi connectivity index (χ4n) is 18.1. The van der Waals surface area contributed by atoms with Crippen LogP contribution in [-0.4, -0.2) is 187 Å². The van der Waals surface area contributed by atoms with Crippen molar-refractivity contribution in [2.45, 2.75) is 163 Å². The van der Waals surface area contributed by atoms with E-state index in [1.54, 1.807) is 13.7 Å². The molecule has 7 saturated heterocycles. The standard InChI is InChI=1S/C26H34N2O.C19H24BNO.C19H22BNO.C18H21N.C7H12BBr2NO.C6H12BNO2.CBr4.CH4/c1-21(29)27-19-15-26(2,16-20-27)28-17-13-24(14-18-28)25(22-9-5-3-6-10-22)23-11-7-4-8-12-23;2*1-20(22)21-14-12-18(13-15-21)19(16-8-4-2-5-9-16)17-10-6-3-7-11-17;1-3-7-15(8-4-1)18(16-9-5-2-6-10-16)17-11-13-19-14-12-17;1-8(12)11-4-2-6(3-5-11)7(9)10;1-7(10)8-4-2-6(9)3-5-8;2-1(3,4)5;/h3-12,24-25H,13-20H2,1-2H3;2-11,18-19,22H,12-15H2,1H3;2-11,22H,12-15H2,1H3;1-10,17-19H,11-14H2;12H,2-5H2,1H3;10H,2-5H2,1H3;;1H4. The number of rotatable bonds is 16. The van der Waals surface area contributed by atoms with Crippen molar-refractivity contribution in [3.8, 4) is 0 Å². The van der Waals surface area contributed by atoms with E-state index in [4.69, 9.17) is 5.02 Å². The predicted octanol–water partition coefficient (Wildman–Crippen LogP) is 21.9. The molecule has 8 aromatic carbocycles. The molecule has 8 aromatic rings. The molecular weight excluding hydrogens is 1880 g/mol. The van der Waals surface area contributed by atoms with Crippen molar-refractivity contribution in [2.75, 3.05) is 91.6 Å². The van der Waals surface area contributed by atoms with Crippen LogP contribution in [0.2, 0.25) is 27.3 Å². The summed E-state index contributed by atoms with van der Waals surface area (Å²) in [6.45, 7) is 25.0. The average Bonchev–Trinajstić information content (AvgIpc) is 0.809. The van der Waals surface area contributed by atoms with Crippen LogP contribution in [0.25, 0.3) is 5.57 Å². The van der Waals surface area contributed by atoms with Gasteiger partial charge in [-0.2, -0.15) is 0 Å². The molecule has 0 unspecified atom stereocenters. The second-order valence-corrected chi connectivity index (χ2v) is 46.7. The van der Waals surface area contributed by atoms with Crippen molar-refractivity contribution in [1.29, 1.82) is 0 Å². The Labute approximate surface area is 772 Å². The summed E-state index contributed by atoms with van der Waals surface area (Å²) in [5.41, 5.74) is 15.7. The Morgan fingerprint density at radius 3 is 0.917 bits per heavy atom. The summed E-state index contributed by atoms with van der Waals surface area (Å²) in [5, 5.41) is 41.3. The molecule has 15 rings (SSSR count). The minimum Gasteiger partial charge on any atom is -0.437 e. The fraction of sp³-hybridized carbons (Fsp3) is 0.443. The van der Waals surface area contributed by atoms with Gasteiger partial charge in [-0.05, 0) is 359 Å². The molecule has 0 bridgehead atoms. The molecule has 7 fully saturated rings. The Morgan fingerprint density at radius 1 is 0.392 bits per heavy atom. The summed E-state index contributed by atoms with van der Waals surface area (Å²) in [5.74, 6) is 4.09. The van der Waals surface area contributed by atoms with E-state index in [0.29, 0.717) is 48.2 Å². The molecule has 0 aromatic heterocycles. The van der Waals surface area contributed by atoms with E-state index in [1.807, 2.05) is 30.2 Å². The minimum absolute atomic E-state index is 0. The van der Waals surface area contributed by atoms with Gasteiger partial charge in [0.1, 0.15) is 5.78 Å². The molecule has 23 heteroatoms. The van der Waals surface area contributed by atoms with Gasteiger partial charge in [-0.15, -0.1) is 0 Å². The number of nitrogens with one attached hydrogen (secondary N) is 1. The molecule has 0 aliphatic carbocycles. The second kappa shape index (κ2) is 52.9. The fourth-order valence-corrected chi connectivity index (χ4v) is 18.9. The first kappa shape index (κ1) is 101. The molecule has 7 aliphatic rings. The monoisotopic (exact) mass is 2010 g/mol. The first-order valence-electron chi connectivity index (χ1n) is 43.2. The first-order chi connectivity index (χ1) is 57.3. The molecule has 7 aliphatic heterocycles. The molecule has 7 heterocycles. The van der Waals surface area contributed by atoms with E-state index >= 15 is 0 Å². The highest BCUT2D eigenvalue weighted by molar-refractivity contribution is 9.52. The van der Waals surface area contributed by atoms with Crippen LogP contribution in [0.3, 0.4) is 0 Å². The van der Waals surface area contributed by atoms with E-state index < -0.39 is 7.05 Å². The van der Waals surface area contributed by atoms with E-state index in [-0.39, 0.29) is 41.1 Å². The highest BCUT2D eigenvalue weighted by Crippen LogP contribution is 2.44. The topological polar surface area (TPSA) is 147 Å². The van der Waals surface area contributed by atoms with Gasteiger partial charge in [0.2, 0.25) is 5.91 Å². The summed E-state index contributed by atoms with van der Waals surface area (Å²) >= 11 is 19.3. The van der Waals surface area contributed by atoms with Crippen LogP contribution in [0.5, 0.6) is 0 Å². The number of piperidine rings is 7. The Bertz CT molecular complexity index is 4050. The number of hydrogen-bond donors (Lipinski definition) is 5. The van der Waals surface area contributed by atoms with Gasteiger partial charge in [0.15, 0.2) is 1.05 Å². The van der Waals surface area contributed by atoms with Gasteiger partial charge in [-0.3, -0.25) is 14.5 Å². The highest BCUT2D eigenvalue weighted by atomic mass is 80.0. The van der Waals surface area contributed by atoms with Gasteiger partial charge in [-0.25, -0.2) is 0 Å². The van der Waals surface area contributed by atoms with Crippen molar-refractivity contribution in [2.24, 2.45) is 17.8 Å². The third-order valence-corrected chi connectivity index (χ3v) is 26.1. The lowest BCUT2D eigenvalue weighted by Gasteiger charge is -2.50. The lowest BCUT2D eigenvalue weighted by molar-refractivity contribution is -0.131. The maximum absolute atomic E-state index is 11.7. The Morgan fingerprint density at radius 2 is 0.642 bits per heavy atom. The number of benzene rings is 8. The largest absolute Gasteiger partial charge is 0.437 e. The third kappa shape index (κ3) is 33.1. The number of carbonyl (C=O) groups excluding carboxylic acids is 2. The van der Waals surface area contributed by atoms with Crippen LogP contribution in [0.4, 0.5) is 0 Å². The summed E-state index contributed by atoms with van der Waals surface area (Å²) in [6.07, 6.45) is 14.8. The molecule has 120 heavy (non-hydrogen) atoms. The number of nitrogens with zero attached hydrogens (tertiary/aromatic N) is 6. The Hall–Kier alpha value is -4.88. The van der Waals surface area contributed by atoms with Crippen LogP contribution in [0.1, 0.15) is 173 Å². The molecular formula is C97H129B4Br6N7O6. The van der Waals surface area contributed by atoms with Crippen LogP contribution >= 0.6 is 95.6 Å². The number of likely N-dealkylation sites (tertiary alicyclic amines) is 2. The summed E-state index contributed by atoms with van der Waals surface area (Å²) in [6, 6.07) is 87.0. The number of ketones is 1. The lowest BCUT2D eigenvalue weighted by Crippen LogP contribution is -2.56. The van der Waals surface area contributed by atoms with Gasteiger partial charge >= 0.3 is 28.2 Å². The second-order valence-electron chi connectivity index (χ2n) is 32.9. The molecule has 0 spiro atoms. The van der Waals surface area contributed by atoms with Crippen molar-refractivity contribution >= 4 is 141 Å². The number of amides is 1. The van der Waals surface area contributed by atoms with Crippen LogP contribution in [0.15, 0.2) is 257 Å². The zero-order valence-corrected chi connectivity index (χ0v) is 80.2. The maximum Gasteiger partial charge on any atom is 0.376 e. The zero-order valence-electron chi connectivity index (χ0n) is 70.7. The third-order valence-electron chi connectivity index (χ3n) is 24.9. The summed E-state index contributed by atoms with van der Waals surface area (Å²) in [7, 11) is -1.37. The number of alkyl halides is 4. The Kier molecular flexibility index (Phi) is 44.3. The van der Waals surface area contributed by atoms with E-state index in [0.717, 1.165) is 152 Å². The van der Waals surface area contributed by atoms with Crippen LogP contribution in [0, 0.1) is 17.8 Å². The normalized spacial score (nSPS) is 17.8. The van der Waals surface area contributed by atoms with Gasteiger partial charge in [-0.1, -0.05) is 256 Å². The molecule has 1 amide bonds. The smallest absolute Gasteiger partial charge is 0.376 e. The molecule has 13 nitrogen and oxygen atoms in total. The number of hydrogen-bond acceptors (Lipinski definition) is 12. The van der Waals surface area contributed by atoms with Gasteiger partial charge in [0, 0.05) is 56.1 Å². The summed E-state index contributed by atoms with van der Waals surface area (Å²) in [4.78, 5) is 35.4. The molecule has 0 saturated carbocycles. The first-order valence-corrected chi connectivity index (χ1v) is 47.9. The maximum atomic E-state index is 11.7. The van der Waals surface area contributed by atoms with Crippen LogP contribution < -0.4 is 5.32 Å². The summed E-state index contributed by atoms with van der Waals surface area (Å²) < 4.78 is 0.834. The number of Topliss-reactive ketones (excluding diaryl/α,β-unsaturated/α-hetero) is 1. The Balaban J connectivity index is 0.000000181. The van der Waals surface area contributed by atoms with Gasteiger partial charge < -0.3 is 49.6 Å². The van der Waals surface area contributed by atoms with E-state index in [1.165, 1.54) is 86.9 Å². The van der Waals surface area contributed by atoms with Gasteiger partial charge in [0.25, 0.3) is 0 Å². The van der Waals surface area contributed by atoms with Crippen molar-refractivity contribution in [1.82, 2.24) is 34.4 Å². The zero-order chi connectivity index (χ0) is 85.1. The quantitative estimate of drug-likeness (QED) is 0.0464. The number of carbonyl (C=O) groups is 2. The average molecular weight is 2010 g/mol. The lowest BCUT2D eigenvalue weighted by atomic mass is 9.73. The highest BCUT2D eigenvalue weighted by Gasteiger charge is 2.40. The van der Waals surface area contributed by atoms with E-state index in [2.05, 4.69) is 370 Å². The van der Waals surface area contributed by atoms with E-state index in [9.17, 15) is 24.7 Å². The van der Waals surface area contributed by atoms with Gasteiger partial charge in [0.05, 0.1) is 3.39 Å². The molecule has 0 atom stereocenters. The molecule has 5 N–H and O–H groups in total. The predicted molar refractivity (Wildman–Crippen MR) is 530 cm³/mol. The molecule has 642 valence electrons.